The van der Waals surface area contributed by atoms with Crippen LogP contribution in [0.5, 0.6) is 0 Å². The molecule has 96 valence electrons. The van der Waals surface area contributed by atoms with Crippen LogP contribution in [0.25, 0.3) is 0 Å². The van der Waals surface area contributed by atoms with Crippen LogP contribution < -0.4 is 0 Å². The van der Waals surface area contributed by atoms with E-state index in [0.29, 0.717) is 19.5 Å². The summed E-state index contributed by atoms with van der Waals surface area (Å²) < 4.78 is 33.5. The molecule has 1 aliphatic rings. The third-order valence-electron chi connectivity index (χ3n) is 3.53. The highest BCUT2D eigenvalue weighted by molar-refractivity contribution is 4.97. The predicted molar refractivity (Wildman–Crippen MR) is 60.9 cm³/mol. The third kappa shape index (κ3) is 2.72. The summed E-state index contributed by atoms with van der Waals surface area (Å²) in [6.07, 6.45) is 0.405. The molecule has 1 rings (SSSR count). The van der Waals surface area contributed by atoms with Gasteiger partial charge in [0.15, 0.2) is 0 Å². The average Bonchev–Trinajstić information content (AvgIpc) is 2.20. The third-order valence-corrected chi connectivity index (χ3v) is 3.53. The van der Waals surface area contributed by atoms with Gasteiger partial charge in [0.1, 0.15) is 0 Å². The molecule has 0 aromatic rings. The van der Waals surface area contributed by atoms with Crippen molar-refractivity contribution in [2.75, 3.05) is 26.7 Å². The molecule has 1 fully saturated rings. The van der Waals surface area contributed by atoms with Crippen LogP contribution in [0.1, 0.15) is 33.6 Å². The fraction of sp³-hybridized carbons (Fsp3) is 1.00. The highest BCUT2D eigenvalue weighted by Crippen LogP contribution is 2.46. The van der Waals surface area contributed by atoms with Crippen molar-refractivity contribution in [1.82, 2.24) is 4.90 Å². The Morgan fingerprint density at radius 1 is 1.38 bits per heavy atom. The van der Waals surface area contributed by atoms with Gasteiger partial charge in [0.25, 0.3) is 5.92 Å². The van der Waals surface area contributed by atoms with Gasteiger partial charge in [-0.15, -0.1) is 0 Å². The standard InChI is InChI=1S/C12H23F2NO/c1-5-11(9-16-10(2)3)8-15(4)7-6-12(11,13)14/h10H,5-9H2,1-4H3. The smallest absolute Gasteiger partial charge is 0.258 e. The largest absolute Gasteiger partial charge is 0.378 e. The number of likely N-dealkylation sites (tertiary alicyclic amines) is 1. The van der Waals surface area contributed by atoms with Crippen LogP contribution in [-0.4, -0.2) is 43.7 Å². The van der Waals surface area contributed by atoms with E-state index in [0.717, 1.165) is 0 Å². The van der Waals surface area contributed by atoms with Crippen LogP contribution in [0, 0.1) is 5.41 Å². The number of hydrogen-bond acceptors (Lipinski definition) is 2. The van der Waals surface area contributed by atoms with Gasteiger partial charge in [-0.2, -0.15) is 0 Å². The van der Waals surface area contributed by atoms with Crippen molar-refractivity contribution in [3.05, 3.63) is 0 Å². The van der Waals surface area contributed by atoms with Crippen LogP contribution in [0.15, 0.2) is 0 Å². The highest BCUT2D eigenvalue weighted by atomic mass is 19.3. The van der Waals surface area contributed by atoms with Crippen LogP contribution in [0.3, 0.4) is 0 Å². The lowest BCUT2D eigenvalue weighted by molar-refractivity contribution is -0.194. The maximum atomic E-state index is 14.0. The molecule has 0 bridgehead atoms. The maximum Gasteiger partial charge on any atom is 0.258 e. The summed E-state index contributed by atoms with van der Waals surface area (Å²) in [6.45, 7) is 6.64. The molecule has 1 saturated heterocycles. The van der Waals surface area contributed by atoms with Crippen LogP contribution in [0.2, 0.25) is 0 Å². The predicted octanol–water partition coefficient (Wildman–Crippen LogP) is 2.78. The fourth-order valence-corrected chi connectivity index (χ4v) is 2.26. The van der Waals surface area contributed by atoms with Crippen molar-refractivity contribution in [2.45, 2.75) is 45.6 Å². The first kappa shape index (κ1) is 13.8. The van der Waals surface area contributed by atoms with Gasteiger partial charge >= 0.3 is 0 Å². The van der Waals surface area contributed by atoms with Gasteiger partial charge in [-0.1, -0.05) is 6.92 Å². The molecule has 4 heteroatoms. The number of ether oxygens (including phenoxy) is 1. The van der Waals surface area contributed by atoms with Gasteiger partial charge in [0, 0.05) is 19.5 Å². The lowest BCUT2D eigenvalue weighted by atomic mass is 9.75. The molecule has 2 nitrogen and oxygen atoms in total. The van der Waals surface area contributed by atoms with Crippen molar-refractivity contribution in [2.24, 2.45) is 5.41 Å². The first-order chi connectivity index (χ1) is 7.33. The SMILES string of the molecule is CCC1(COC(C)C)CN(C)CCC1(F)F. The number of rotatable bonds is 4. The Hall–Kier alpha value is -0.220. The molecule has 0 amide bonds. The van der Waals surface area contributed by atoms with Gasteiger partial charge in [-0.3, -0.25) is 0 Å². The summed E-state index contributed by atoms with van der Waals surface area (Å²) >= 11 is 0. The fourth-order valence-electron chi connectivity index (χ4n) is 2.26. The molecule has 1 atom stereocenters. The van der Waals surface area contributed by atoms with Gasteiger partial charge in [0.2, 0.25) is 0 Å². The van der Waals surface area contributed by atoms with Gasteiger partial charge in [-0.25, -0.2) is 8.78 Å². The van der Waals surface area contributed by atoms with E-state index < -0.39 is 11.3 Å². The van der Waals surface area contributed by atoms with Crippen LogP contribution >= 0.6 is 0 Å². The molecule has 1 unspecified atom stereocenters. The molecule has 0 spiro atoms. The lowest BCUT2D eigenvalue weighted by Crippen LogP contribution is -2.57. The summed E-state index contributed by atoms with van der Waals surface area (Å²) in [5, 5.41) is 0. The van der Waals surface area contributed by atoms with E-state index >= 15 is 0 Å². The minimum Gasteiger partial charge on any atom is -0.378 e. The normalized spacial score (nSPS) is 30.9. The summed E-state index contributed by atoms with van der Waals surface area (Å²) in [5.41, 5.74) is -1.01. The average molecular weight is 235 g/mol. The molecule has 0 saturated carbocycles. The molecule has 0 aromatic heterocycles. The Morgan fingerprint density at radius 3 is 2.50 bits per heavy atom. The van der Waals surface area contributed by atoms with E-state index in [1.807, 2.05) is 32.7 Å². The van der Waals surface area contributed by atoms with Crippen molar-refractivity contribution in [1.29, 1.82) is 0 Å². The topological polar surface area (TPSA) is 12.5 Å². The number of hydrogen-bond donors (Lipinski definition) is 0. The molecule has 0 radical (unpaired) electrons. The summed E-state index contributed by atoms with van der Waals surface area (Å²) in [4.78, 5) is 1.98. The lowest BCUT2D eigenvalue weighted by Gasteiger charge is -2.46. The number of piperidine rings is 1. The zero-order valence-electron chi connectivity index (χ0n) is 10.7. The Bertz CT molecular complexity index is 233. The quantitative estimate of drug-likeness (QED) is 0.743. The minimum atomic E-state index is -2.61. The van der Waals surface area contributed by atoms with E-state index in [2.05, 4.69) is 0 Å². The molecular formula is C12H23F2NO. The van der Waals surface area contributed by atoms with E-state index in [-0.39, 0.29) is 19.1 Å². The molecule has 0 aromatic carbocycles. The van der Waals surface area contributed by atoms with Crippen molar-refractivity contribution < 1.29 is 13.5 Å². The van der Waals surface area contributed by atoms with Crippen molar-refractivity contribution in [3.8, 4) is 0 Å². The van der Waals surface area contributed by atoms with E-state index in [1.165, 1.54) is 0 Å². The number of nitrogens with zero attached hydrogens (tertiary/aromatic N) is 1. The van der Waals surface area contributed by atoms with Crippen molar-refractivity contribution >= 4 is 0 Å². The first-order valence-electron chi connectivity index (χ1n) is 6.01. The van der Waals surface area contributed by atoms with Gasteiger partial charge in [0.05, 0.1) is 18.1 Å². The number of alkyl halides is 2. The summed E-state index contributed by atoms with van der Waals surface area (Å²) in [6, 6.07) is 0. The molecule has 1 aliphatic heterocycles. The maximum absolute atomic E-state index is 14.0. The van der Waals surface area contributed by atoms with E-state index in [4.69, 9.17) is 4.74 Å². The molecular weight excluding hydrogens is 212 g/mol. The summed E-state index contributed by atoms with van der Waals surface area (Å²) in [5.74, 6) is -2.61. The first-order valence-corrected chi connectivity index (χ1v) is 6.01. The van der Waals surface area contributed by atoms with Crippen molar-refractivity contribution in [3.63, 3.8) is 0 Å². The second-order valence-electron chi connectivity index (χ2n) is 5.19. The zero-order valence-corrected chi connectivity index (χ0v) is 10.7. The molecule has 0 N–H and O–H groups in total. The molecule has 16 heavy (non-hydrogen) atoms. The zero-order chi connectivity index (χ0) is 12.4. The minimum absolute atomic E-state index is 0.00598. The molecule has 1 heterocycles. The number of halogens is 2. The Balaban J connectivity index is 2.79. The monoisotopic (exact) mass is 235 g/mol. The Labute approximate surface area is 97.0 Å². The van der Waals surface area contributed by atoms with E-state index in [1.54, 1.807) is 0 Å². The Morgan fingerprint density at radius 2 is 2.00 bits per heavy atom. The van der Waals surface area contributed by atoms with Crippen LogP contribution in [-0.2, 0) is 4.74 Å². The Kier molecular flexibility index (Phi) is 4.29. The van der Waals surface area contributed by atoms with Gasteiger partial charge < -0.3 is 9.64 Å². The van der Waals surface area contributed by atoms with Gasteiger partial charge in [-0.05, 0) is 27.3 Å². The van der Waals surface area contributed by atoms with Crippen LogP contribution in [0.4, 0.5) is 8.78 Å². The molecule has 0 aliphatic carbocycles. The summed E-state index contributed by atoms with van der Waals surface area (Å²) in [7, 11) is 1.90. The second-order valence-corrected chi connectivity index (χ2v) is 5.19. The second kappa shape index (κ2) is 4.96. The highest BCUT2D eigenvalue weighted by Gasteiger charge is 2.55. The van der Waals surface area contributed by atoms with E-state index in [9.17, 15) is 8.78 Å².